The molecule has 1 fully saturated rings. The van der Waals surface area contributed by atoms with Crippen LogP contribution in [0.5, 0.6) is 0 Å². The van der Waals surface area contributed by atoms with Crippen LogP contribution in [0.4, 0.5) is 4.39 Å². The van der Waals surface area contributed by atoms with Crippen LogP contribution in [0, 0.1) is 5.82 Å². The summed E-state index contributed by atoms with van der Waals surface area (Å²) in [6, 6.07) is 21.4. The predicted octanol–water partition coefficient (Wildman–Crippen LogP) is 4.73. The zero-order valence-electron chi connectivity index (χ0n) is 19.6. The first-order valence-electron chi connectivity index (χ1n) is 11.7. The maximum absolute atomic E-state index is 13.4. The molecule has 0 saturated carbocycles. The molecule has 3 aromatic rings. The van der Waals surface area contributed by atoms with Gasteiger partial charge in [-0.05, 0) is 68.7 Å². The zero-order valence-corrected chi connectivity index (χ0v) is 19.6. The highest BCUT2D eigenvalue weighted by Gasteiger charge is 2.36. The Labute approximate surface area is 200 Å². The molecule has 1 N–H and O–H groups in total. The van der Waals surface area contributed by atoms with Gasteiger partial charge in [-0.15, -0.1) is 0 Å². The van der Waals surface area contributed by atoms with Crippen LogP contribution in [0.15, 0.2) is 72.8 Å². The summed E-state index contributed by atoms with van der Waals surface area (Å²) < 4.78 is 13.2. The fourth-order valence-corrected chi connectivity index (χ4v) is 4.43. The lowest BCUT2D eigenvalue weighted by Gasteiger charge is -2.37. The highest BCUT2D eigenvalue weighted by Crippen LogP contribution is 2.27. The molecular weight excluding hydrogens is 429 g/mol. The molecule has 5 nitrogen and oxygen atoms in total. The van der Waals surface area contributed by atoms with Gasteiger partial charge >= 0.3 is 0 Å². The van der Waals surface area contributed by atoms with E-state index in [1.165, 1.54) is 12.1 Å². The van der Waals surface area contributed by atoms with E-state index in [-0.39, 0.29) is 23.5 Å². The maximum atomic E-state index is 13.4. The predicted molar refractivity (Wildman–Crippen MR) is 130 cm³/mol. The number of piperidine rings is 1. The van der Waals surface area contributed by atoms with E-state index in [1.54, 1.807) is 50.2 Å². The molecule has 176 valence electrons. The van der Waals surface area contributed by atoms with Crippen LogP contribution in [-0.2, 0) is 11.2 Å². The molecule has 2 amide bonds. The first kappa shape index (κ1) is 23.6. The summed E-state index contributed by atoms with van der Waals surface area (Å²) in [6.07, 6.45) is 2.46. The first-order chi connectivity index (χ1) is 16.3. The molecule has 2 heterocycles. The van der Waals surface area contributed by atoms with E-state index in [9.17, 15) is 14.0 Å². The van der Waals surface area contributed by atoms with Crippen LogP contribution < -0.4 is 5.32 Å². The molecule has 1 atom stereocenters. The molecular formula is C28H30FN3O2. The van der Waals surface area contributed by atoms with Crippen LogP contribution in [0.1, 0.15) is 59.9 Å². The van der Waals surface area contributed by atoms with Gasteiger partial charge in [0.25, 0.3) is 5.91 Å². The molecule has 0 unspecified atom stereocenters. The maximum Gasteiger partial charge on any atom is 0.252 e. The summed E-state index contributed by atoms with van der Waals surface area (Å²) in [7, 11) is 0. The summed E-state index contributed by atoms with van der Waals surface area (Å²) in [5.41, 5.74) is 2.39. The molecule has 6 heteroatoms. The molecule has 0 aliphatic carbocycles. The third-order valence-corrected chi connectivity index (χ3v) is 6.25. The molecule has 34 heavy (non-hydrogen) atoms. The second-order valence-electron chi connectivity index (χ2n) is 9.39. The van der Waals surface area contributed by atoms with Crippen molar-refractivity contribution < 1.29 is 14.0 Å². The SMILES string of the molecule is CC(C)(NC(=O)c1ccccc1)C(=O)N1CCC[C@@H](c2cccc(Cc3ccc(F)cc3)n2)C1. The molecule has 1 aromatic heterocycles. The molecule has 2 aromatic carbocycles. The minimum absolute atomic E-state index is 0.0936. The number of nitrogens with one attached hydrogen (secondary N) is 1. The van der Waals surface area contributed by atoms with Gasteiger partial charge in [-0.3, -0.25) is 14.6 Å². The number of hydrogen-bond acceptors (Lipinski definition) is 3. The Bertz CT molecular complexity index is 1150. The van der Waals surface area contributed by atoms with Crippen LogP contribution in [0.3, 0.4) is 0 Å². The fourth-order valence-electron chi connectivity index (χ4n) is 4.43. The van der Waals surface area contributed by atoms with Crippen molar-refractivity contribution in [2.75, 3.05) is 13.1 Å². The fraction of sp³-hybridized carbons (Fsp3) is 0.321. The summed E-state index contributed by atoms with van der Waals surface area (Å²) >= 11 is 0. The van der Waals surface area contributed by atoms with Crippen LogP contribution >= 0.6 is 0 Å². The van der Waals surface area contributed by atoms with Crippen molar-refractivity contribution >= 4 is 11.8 Å². The number of aromatic nitrogens is 1. The van der Waals surface area contributed by atoms with Crippen molar-refractivity contribution in [3.8, 4) is 0 Å². The Kier molecular flexibility index (Phi) is 7.06. The molecule has 1 aliphatic heterocycles. The van der Waals surface area contributed by atoms with Gasteiger partial charge in [0.15, 0.2) is 0 Å². The lowest BCUT2D eigenvalue weighted by atomic mass is 9.92. The Morgan fingerprint density at radius 1 is 1.03 bits per heavy atom. The number of pyridine rings is 1. The number of benzene rings is 2. The molecule has 0 bridgehead atoms. The van der Waals surface area contributed by atoms with Gasteiger partial charge in [-0.2, -0.15) is 0 Å². The lowest BCUT2D eigenvalue weighted by Crippen LogP contribution is -2.57. The molecule has 1 saturated heterocycles. The number of halogens is 1. The Morgan fingerprint density at radius 3 is 2.50 bits per heavy atom. The Hall–Kier alpha value is -3.54. The highest BCUT2D eigenvalue weighted by molar-refractivity contribution is 5.98. The van der Waals surface area contributed by atoms with Crippen LogP contribution in [-0.4, -0.2) is 40.3 Å². The molecule has 4 rings (SSSR count). The summed E-state index contributed by atoms with van der Waals surface area (Å²) in [5.74, 6) is -0.474. The van der Waals surface area contributed by atoms with E-state index >= 15 is 0 Å². The van der Waals surface area contributed by atoms with Gasteiger partial charge < -0.3 is 10.2 Å². The second-order valence-corrected chi connectivity index (χ2v) is 9.39. The summed E-state index contributed by atoms with van der Waals surface area (Å²) in [5, 5.41) is 2.89. The monoisotopic (exact) mass is 459 g/mol. The number of rotatable bonds is 6. The first-order valence-corrected chi connectivity index (χ1v) is 11.7. The van der Waals surface area contributed by atoms with Crippen molar-refractivity contribution in [2.45, 2.75) is 44.6 Å². The number of amides is 2. The third kappa shape index (κ3) is 5.68. The number of likely N-dealkylation sites (tertiary alicyclic amines) is 1. The van der Waals surface area contributed by atoms with Gasteiger partial charge in [0, 0.05) is 42.4 Å². The average Bonchev–Trinajstić information content (AvgIpc) is 2.85. The van der Waals surface area contributed by atoms with Crippen molar-refractivity contribution in [1.82, 2.24) is 15.2 Å². The topological polar surface area (TPSA) is 62.3 Å². The summed E-state index contributed by atoms with van der Waals surface area (Å²) in [6.45, 7) is 4.73. The standard InChI is InChI=1S/C28H30FN3O2/c1-28(2,31-26(33)21-8-4-3-5-9-21)27(34)32-17-7-10-22(19-32)25-12-6-11-24(30-25)18-20-13-15-23(29)16-14-20/h3-6,8-9,11-16,22H,7,10,17-19H2,1-2H3,(H,31,33)/t22-/m1/s1. The second kappa shape index (κ2) is 10.2. The number of carbonyl (C=O) groups is 2. The number of carbonyl (C=O) groups excluding carboxylic acids is 2. The van der Waals surface area contributed by atoms with Gasteiger partial charge in [0.1, 0.15) is 11.4 Å². The van der Waals surface area contributed by atoms with E-state index < -0.39 is 5.54 Å². The van der Waals surface area contributed by atoms with E-state index in [0.29, 0.717) is 25.1 Å². The van der Waals surface area contributed by atoms with Crippen molar-refractivity contribution in [2.24, 2.45) is 0 Å². The van der Waals surface area contributed by atoms with Gasteiger partial charge in [-0.1, -0.05) is 36.4 Å². The van der Waals surface area contributed by atoms with E-state index in [2.05, 4.69) is 5.32 Å². The molecule has 1 aliphatic rings. The number of hydrogen-bond donors (Lipinski definition) is 1. The zero-order chi connectivity index (χ0) is 24.1. The smallest absolute Gasteiger partial charge is 0.252 e. The quantitative estimate of drug-likeness (QED) is 0.580. The van der Waals surface area contributed by atoms with Crippen LogP contribution in [0.2, 0.25) is 0 Å². The molecule has 0 spiro atoms. The average molecular weight is 460 g/mol. The summed E-state index contributed by atoms with van der Waals surface area (Å²) in [4.78, 5) is 32.7. The minimum atomic E-state index is -1.02. The molecule has 0 radical (unpaired) electrons. The van der Waals surface area contributed by atoms with Crippen molar-refractivity contribution in [3.05, 3.63) is 101 Å². The van der Waals surface area contributed by atoms with Gasteiger partial charge in [-0.25, -0.2) is 4.39 Å². The van der Waals surface area contributed by atoms with Crippen molar-refractivity contribution in [1.29, 1.82) is 0 Å². The minimum Gasteiger partial charge on any atom is -0.340 e. The Morgan fingerprint density at radius 2 is 1.76 bits per heavy atom. The van der Waals surface area contributed by atoms with Gasteiger partial charge in [0.05, 0.1) is 0 Å². The van der Waals surface area contributed by atoms with E-state index in [1.807, 2.05) is 29.2 Å². The highest BCUT2D eigenvalue weighted by atomic mass is 19.1. The normalized spacial score (nSPS) is 16.2. The third-order valence-electron chi connectivity index (χ3n) is 6.25. The van der Waals surface area contributed by atoms with Gasteiger partial charge in [0.2, 0.25) is 5.91 Å². The van der Waals surface area contributed by atoms with E-state index in [0.717, 1.165) is 29.8 Å². The largest absolute Gasteiger partial charge is 0.340 e. The number of nitrogens with zero attached hydrogens (tertiary/aromatic N) is 2. The van der Waals surface area contributed by atoms with E-state index in [4.69, 9.17) is 4.98 Å². The Balaban J connectivity index is 1.43. The van der Waals surface area contributed by atoms with Crippen LogP contribution in [0.25, 0.3) is 0 Å². The van der Waals surface area contributed by atoms with Crippen molar-refractivity contribution in [3.63, 3.8) is 0 Å². The lowest BCUT2D eigenvalue weighted by molar-refractivity contribution is -0.138.